The van der Waals surface area contributed by atoms with Crippen molar-refractivity contribution in [3.05, 3.63) is 60.0 Å². The van der Waals surface area contributed by atoms with Gasteiger partial charge in [-0.2, -0.15) is 4.39 Å². The Balaban J connectivity index is 2.01. The predicted octanol–water partition coefficient (Wildman–Crippen LogP) is 5.42. The summed E-state index contributed by atoms with van der Waals surface area (Å²) >= 11 is 1.23. The second-order valence-corrected chi connectivity index (χ2v) is 7.34. The third-order valence-corrected chi connectivity index (χ3v) is 4.13. The normalized spacial score (nSPS) is 11.2. The third kappa shape index (κ3) is 4.05. The van der Waals surface area contributed by atoms with E-state index < -0.39 is 17.6 Å². The largest absolute Gasteiger partial charge is 0.443 e. The van der Waals surface area contributed by atoms with Crippen LogP contribution >= 0.6 is 11.3 Å². The Hall–Kier alpha value is -2.80. The number of carbonyl (C=O) groups is 1. The summed E-state index contributed by atoms with van der Waals surface area (Å²) in [5.74, 6) is -0.604. The van der Waals surface area contributed by atoms with E-state index in [4.69, 9.17) is 4.74 Å². The third-order valence-electron chi connectivity index (χ3n) is 3.31. The molecule has 3 rings (SSSR count). The molecule has 0 N–H and O–H groups in total. The molecule has 0 spiro atoms. The van der Waals surface area contributed by atoms with Gasteiger partial charge in [0.2, 0.25) is 5.95 Å². The van der Waals surface area contributed by atoms with E-state index in [0.29, 0.717) is 16.5 Å². The topological polar surface area (TPSA) is 55.3 Å². The fraction of sp³-hybridized carbons (Fsp3) is 0.211. The Labute approximate surface area is 155 Å². The Kier molecular flexibility index (Phi) is 4.99. The van der Waals surface area contributed by atoms with E-state index in [1.807, 2.05) is 18.2 Å². The van der Waals surface area contributed by atoms with Crippen LogP contribution in [0, 0.1) is 5.95 Å². The molecular weight excluding hydrogens is 353 g/mol. The highest BCUT2D eigenvalue weighted by atomic mass is 32.1. The van der Waals surface area contributed by atoms with Crippen LogP contribution in [0.1, 0.15) is 20.8 Å². The van der Waals surface area contributed by atoms with Crippen molar-refractivity contribution in [2.75, 3.05) is 4.90 Å². The van der Waals surface area contributed by atoms with Crippen LogP contribution in [0.25, 0.3) is 11.3 Å². The van der Waals surface area contributed by atoms with Gasteiger partial charge in [-0.1, -0.05) is 18.2 Å². The highest BCUT2D eigenvalue weighted by Gasteiger charge is 2.27. The summed E-state index contributed by atoms with van der Waals surface area (Å²) in [7, 11) is 0. The number of thiazole rings is 1. The Morgan fingerprint density at radius 3 is 2.54 bits per heavy atom. The lowest BCUT2D eigenvalue weighted by atomic mass is 10.2. The molecule has 1 aromatic carbocycles. The monoisotopic (exact) mass is 371 g/mol. The van der Waals surface area contributed by atoms with Crippen molar-refractivity contribution in [1.29, 1.82) is 0 Å². The zero-order valence-electron chi connectivity index (χ0n) is 14.6. The average Bonchev–Trinajstić information content (AvgIpc) is 3.04. The maximum atomic E-state index is 13.9. The van der Waals surface area contributed by atoms with Gasteiger partial charge in [0.1, 0.15) is 5.60 Å². The van der Waals surface area contributed by atoms with Crippen molar-refractivity contribution in [3.8, 4) is 11.3 Å². The number of para-hydroxylation sites is 1. The number of rotatable bonds is 3. The van der Waals surface area contributed by atoms with Crippen molar-refractivity contribution in [2.24, 2.45) is 0 Å². The summed E-state index contributed by atoms with van der Waals surface area (Å²) in [5, 5.41) is 2.08. The van der Waals surface area contributed by atoms with Crippen LogP contribution in [0.15, 0.2) is 54.0 Å². The molecule has 0 unspecified atom stereocenters. The lowest BCUT2D eigenvalue weighted by molar-refractivity contribution is 0.0599. The molecule has 26 heavy (non-hydrogen) atoms. The number of aromatic nitrogens is 2. The first-order valence-corrected chi connectivity index (χ1v) is 8.88. The second kappa shape index (κ2) is 7.21. The van der Waals surface area contributed by atoms with Gasteiger partial charge in [0.25, 0.3) is 0 Å². The molecule has 0 saturated carbocycles. The first-order chi connectivity index (χ1) is 12.3. The van der Waals surface area contributed by atoms with Gasteiger partial charge >= 0.3 is 6.09 Å². The van der Waals surface area contributed by atoms with Gasteiger partial charge in [0, 0.05) is 11.6 Å². The molecule has 7 heteroatoms. The number of hydrogen-bond acceptors (Lipinski definition) is 5. The first-order valence-electron chi connectivity index (χ1n) is 8.00. The number of nitrogens with zero attached hydrogens (tertiary/aromatic N) is 3. The van der Waals surface area contributed by atoms with Gasteiger partial charge in [-0.05, 0) is 45.0 Å². The number of hydrogen-bond donors (Lipinski definition) is 0. The number of pyridine rings is 1. The maximum Gasteiger partial charge on any atom is 0.421 e. The lowest BCUT2D eigenvalue weighted by Crippen LogP contribution is -2.33. The number of halogens is 1. The van der Waals surface area contributed by atoms with Crippen LogP contribution in [0.2, 0.25) is 0 Å². The average molecular weight is 371 g/mol. The molecule has 0 aliphatic rings. The summed E-state index contributed by atoms with van der Waals surface area (Å²) < 4.78 is 19.5. The Morgan fingerprint density at radius 2 is 1.88 bits per heavy atom. The first kappa shape index (κ1) is 18.0. The van der Waals surface area contributed by atoms with Gasteiger partial charge in [0.05, 0.1) is 16.9 Å². The van der Waals surface area contributed by atoms with E-state index in [-0.39, 0.29) is 5.56 Å². The fourth-order valence-corrected chi connectivity index (χ4v) is 3.08. The van der Waals surface area contributed by atoms with Crippen LogP contribution in [0.3, 0.4) is 0 Å². The SMILES string of the molecule is CC(C)(C)OC(=O)N(c1ccccc1)c1nc(-c2cccnc2F)cs1. The minimum Gasteiger partial charge on any atom is -0.443 e. The van der Waals surface area contributed by atoms with Crippen LogP contribution in [-0.4, -0.2) is 21.7 Å². The lowest BCUT2D eigenvalue weighted by Gasteiger charge is -2.25. The molecule has 0 fully saturated rings. The van der Waals surface area contributed by atoms with Crippen LogP contribution in [0.5, 0.6) is 0 Å². The van der Waals surface area contributed by atoms with Crippen molar-refractivity contribution in [1.82, 2.24) is 9.97 Å². The summed E-state index contributed by atoms with van der Waals surface area (Å²) in [6.07, 6.45) is 0.833. The van der Waals surface area contributed by atoms with Gasteiger partial charge in [-0.15, -0.1) is 11.3 Å². The molecule has 0 aliphatic heterocycles. The van der Waals surface area contributed by atoms with Gasteiger partial charge in [-0.25, -0.2) is 19.7 Å². The van der Waals surface area contributed by atoms with E-state index in [0.717, 1.165) is 0 Å². The highest BCUT2D eigenvalue weighted by Crippen LogP contribution is 2.33. The zero-order chi connectivity index (χ0) is 18.7. The zero-order valence-corrected chi connectivity index (χ0v) is 15.5. The standard InChI is InChI=1S/C19H18FN3O2S/c1-19(2,3)25-18(24)23(13-8-5-4-6-9-13)17-22-15(12-26-17)14-10-7-11-21-16(14)20/h4-12H,1-3H3. The quantitative estimate of drug-likeness (QED) is 0.577. The van der Waals surface area contributed by atoms with Crippen molar-refractivity contribution in [2.45, 2.75) is 26.4 Å². The Bertz CT molecular complexity index is 906. The van der Waals surface area contributed by atoms with Gasteiger partial charge in [0.15, 0.2) is 5.13 Å². The summed E-state index contributed by atoms with van der Waals surface area (Å²) in [5.41, 5.74) is 0.668. The minimum atomic E-state index is -0.653. The highest BCUT2D eigenvalue weighted by molar-refractivity contribution is 7.14. The fourth-order valence-electron chi connectivity index (χ4n) is 2.25. The number of amides is 1. The van der Waals surface area contributed by atoms with E-state index in [2.05, 4.69) is 9.97 Å². The van der Waals surface area contributed by atoms with Gasteiger partial charge in [-0.3, -0.25) is 0 Å². The number of anilines is 2. The number of carbonyl (C=O) groups excluding carboxylic acids is 1. The molecule has 1 amide bonds. The second-order valence-electron chi connectivity index (χ2n) is 6.51. The summed E-state index contributed by atoms with van der Waals surface area (Å²) in [6, 6.07) is 12.3. The van der Waals surface area contributed by atoms with Gasteiger partial charge < -0.3 is 4.74 Å². The maximum absolute atomic E-state index is 13.9. The number of ether oxygens (including phenoxy) is 1. The predicted molar refractivity (Wildman–Crippen MR) is 100 cm³/mol. The Morgan fingerprint density at radius 1 is 1.15 bits per heavy atom. The molecule has 0 atom stereocenters. The molecule has 3 aromatic rings. The molecular formula is C19H18FN3O2S. The van der Waals surface area contributed by atoms with Crippen molar-refractivity contribution >= 4 is 28.2 Å². The van der Waals surface area contributed by atoms with Crippen molar-refractivity contribution < 1.29 is 13.9 Å². The summed E-state index contributed by atoms with van der Waals surface area (Å²) in [4.78, 5) is 22.2. The molecule has 2 aromatic heterocycles. The van der Waals surface area contributed by atoms with Crippen LogP contribution in [-0.2, 0) is 4.74 Å². The molecule has 5 nitrogen and oxygen atoms in total. The number of benzene rings is 1. The molecule has 0 radical (unpaired) electrons. The van der Waals surface area contributed by atoms with Crippen LogP contribution in [0.4, 0.5) is 20.0 Å². The minimum absolute atomic E-state index is 0.284. The smallest absolute Gasteiger partial charge is 0.421 e. The summed E-state index contributed by atoms with van der Waals surface area (Å²) in [6.45, 7) is 5.39. The molecule has 2 heterocycles. The molecule has 0 saturated heterocycles. The molecule has 0 aliphatic carbocycles. The van der Waals surface area contributed by atoms with E-state index >= 15 is 0 Å². The van der Waals surface area contributed by atoms with E-state index in [1.165, 1.54) is 22.4 Å². The molecule has 134 valence electrons. The van der Waals surface area contributed by atoms with E-state index in [9.17, 15) is 9.18 Å². The van der Waals surface area contributed by atoms with Crippen molar-refractivity contribution in [3.63, 3.8) is 0 Å². The van der Waals surface area contributed by atoms with Crippen LogP contribution < -0.4 is 4.90 Å². The molecule has 0 bridgehead atoms. The van der Waals surface area contributed by atoms with E-state index in [1.54, 1.807) is 50.4 Å².